The quantitative estimate of drug-likeness (QED) is 0.267. The lowest BCUT2D eigenvalue weighted by atomic mass is 10.2. The summed E-state index contributed by atoms with van der Waals surface area (Å²) in [7, 11) is 1.36. The predicted octanol–water partition coefficient (Wildman–Crippen LogP) is 4.13. The summed E-state index contributed by atoms with van der Waals surface area (Å²) in [6.07, 6.45) is -0.148. The topological polar surface area (TPSA) is 154 Å². The summed E-state index contributed by atoms with van der Waals surface area (Å²) in [5.41, 5.74) is 0.904. The predicted molar refractivity (Wildman–Crippen MR) is 115 cm³/mol. The Balaban J connectivity index is 1.90. The molecular weight excluding hydrogens is 444 g/mol. The molecule has 0 spiro atoms. The van der Waals surface area contributed by atoms with Gasteiger partial charge in [-0.05, 0) is 41.6 Å². The van der Waals surface area contributed by atoms with Crippen LogP contribution in [0.15, 0.2) is 53.5 Å². The number of non-ortho nitro benzene ring substituents is 2. The van der Waals surface area contributed by atoms with Crippen LogP contribution in [0, 0.1) is 20.2 Å². The molecule has 0 atom stereocenters. The van der Waals surface area contributed by atoms with Crippen molar-refractivity contribution < 1.29 is 28.9 Å². The van der Waals surface area contributed by atoms with E-state index in [4.69, 9.17) is 9.47 Å². The fourth-order valence-corrected chi connectivity index (χ4v) is 2.77. The van der Waals surface area contributed by atoms with E-state index in [1.165, 1.54) is 55.6 Å². The Morgan fingerprint density at radius 3 is 1.75 bits per heavy atom. The maximum atomic E-state index is 12.2. The Morgan fingerprint density at radius 2 is 1.34 bits per heavy atom. The highest BCUT2D eigenvalue weighted by atomic mass is 32.2. The average molecular weight is 462 g/mol. The molecule has 0 N–H and O–H groups in total. The molecule has 0 bridgehead atoms. The Hall–Kier alpha value is -4.00. The Labute approximate surface area is 186 Å². The van der Waals surface area contributed by atoms with Gasteiger partial charge >= 0.3 is 12.2 Å². The lowest BCUT2D eigenvalue weighted by Crippen LogP contribution is -2.32. The van der Waals surface area contributed by atoms with Crippen LogP contribution in [0.1, 0.15) is 11.1 Å². The van der Waals surface area contributed by atoms with E-state index in [2.05, 4.69) is 4.99 Å². The number of ether oxygens (including phenoxy) is 2. The molecule has 2 aromatic rings. The van der Waals surface area contributed by atoms with Gasteiger partial charge in [-0.2, -0.15) is 4.99 Å². The number of aliphatic imine (C=N–C) groups is 1. The van der Waals surface area contributed by atoms with E-state index in [-0.39, 0.29) is 29.8 Å². The number of carbonyl (C=O) groups is 2. The molecule has 2 amide bonds. The van der Waals surface area contributed by atoms with Crippen molar-refractivity contribution in [2.24, 2.45) is 4.99 Å². The molecule has 0 heterocycles. The second-order valence-corrected chi connectivity index (χ2v) is 6.89. The van der Waals surface area contributed by atoms with Crippen LogP contribution in [-0.4, -0.2) is 45.4 Å². The number of nitrogens with zero attached hydrogens (tertiary/aromatic N) is 4. The average Bonchev–Trinajstić information content (AvgIpc) is 2.79. The number of hydrogen-bond donors (Lipinski definition) is 0. The van der Waals surface area contributed by atoms with Crippen molar-refractivity contribution in [1.82, 2.24) is 4.90 Å². The summed E-state index contributed by atoms with van der Waals surface area (Å²) in [6.45, 7) is -0.288. The van der Waals surface area contributed by atoms with Crippen LogP contribution in [0.2, 0.25) is 0 Å². The summed E-state index contributed by atoms with van der Waals surface area (Å²) in [5.74, 6) is 0. The summed E-state index contributed by atoms with van der Waals surface area (Å²) >= 11 is 1.01. The molecule has 2 aromatic carbocycles. The van der Waals surface area contributed by atoms with Crippen LogP contribution in [0.25, 0.3) is 0 Å². The van der Waals surface area contributed by atoms with E-state index in [9.17, 15) is 29.8 Å². The summed E-state index contributed by atoms with van der Waals surface area (Å²) in [5, 5.41) is 21.3. The first-order chi connectivity index (χ1) is 15.2. The molecule has 0 aliphatic heterocycles. The van der Waals surface area contributed by atoms with Crippen molar-refractivity contribution in [1.29, 1.82) is 0 Å². The number of nitro benzene ring substituents is 2. The molecule has 32 heavy (non-hydrogen) atoms. The van der Waals surface area contributed by atoms with Crippen LogP contribution in [0.5, 0.6) is 0 Å². The lowest BCUT2D eigenvalue weighted by molar-refractivity contribution is -0.385. The van der Waals surface area contributed by atoms with E-state index in [1.807, 2.05) is 0 Å². The highest BCUT2D eigenvalue weighted by Crippen LogP contribution is 2.15. The van der Waals surface area contributed by atoms with Crippen molar-refractivity contribution in [3.63, 3.8) is 0 Å². The van der Waals surface area contributed by atoms with Gasteiger partial charge in [0.15, 0.2) is 5.17 Å². The van der Waals surface area contributed by atoms with Crippen molar-refractivity contribution in [3.05, 3.63) is 79.9 Å². The van der Waals surface area contributed by atoms with Gasteiger partial charge in [0.2, 0.25) is 0 Å². The number of amidine groups is 1. The Morgan fingerprint density at radius 1 is 0.906 bits per heavy atom. The highest BCUT2D eigenvalue weighted by Gasteiger charge is 2.18. The number of carbonyl (C=O) groups excluding carboxylic acids is 2. The summed E-state index contributed by atoms with van der Waals surface area (Å²) in [6, 6.07) is 11.0. The Bertz CT molecular complexity index is 1020. The number of benzene rings is 2. The van der Waals surface area contributed by atoms with Crippen LogP contribution in [-0.2, 0) is 22.7 Å². The van der Waals surface area contributed by atoms with Gasteiger partial charge in [-0.3, -0.25) is 25.1 Å². The first-order valence-corrected chi connectivity index (χ1v) is 10.1. The molecule has 168 valence electrons. The molecule has 13 heteroatoms. The van der Waals surface area contributed by atoms with Gasteiger partial charge in [0.25, 0.3) is 11.4 Å². The molecule has 0 aromatic heterocycles. The van der Waals surface area contributed by atoms with Gasteiger partial charge in [-0.1, -0.05) is 11.8 Å². The van der Waals surface area contributed by atoms with Crippen LogP contribution >= 0.6 is 11.8 Å². The minimum atomic E-state index is -0.956. The second kappa shape index (κ2) is 11.4. The van der Waals surface area contributed by atoms with E-state index in [1.54, 1.807) is 6.26 Å². The van der Waals surface area contributed by atoms with Crippen LogP contribution in [0.3, 0.4) is 0 Å². The van der Waals surface area contributed by atoms with Crippen LogP contribution < -0.4 is 0 Å². The molecule has 0 radical (unpaired) electrons. The maximum absolute atomic E-state index is 12.2. The molecule has 0 unspecified atom stereocenters. The van der Waals surface area contributed by atoms with Crippen molar-refractivity contribution >= 4 is 40.5 Å². The molecule has 0 fully saturated rings. The number of thioether (sulfide) groups is 1. The van der Waals surface area contributed by atoms with Gasteiger partial charge < -0.3 is 9.47 Å². The smallest absolute Gasteiger partial charge is 0.436 e. The maximum Gasteiger partial charge on any atom is 0.436 e. The third-order valence-corrected chi connectivity index (χ3v) is 4.68. The largest absolute Gasteiger partial charge is 0.444 e. The standard InChI is InChI=1S/C19H18N4O8S/c1-21(19(25)31-12-14-5-9-16(10-6-14)23(28)29)17(32-2)20-18(24)30-11-13-3-7-15(8-4-13)22(26)27/h3-10H,11-12H2,1-2H3. The van der Waals surface area contributed by atoms with Crippen molar-refractivity contribution in [2.45, 2.75) is 13.2 Å². The first kappa shape index (κ1) is 24.3. The van der Waals surface area contributed by atoms with Gasteiger partial charge in [0.1, 0.15) is 13.2 Å². The van der Waals surface area contributed by atoms with Crippen molar-refractivity contribution in [3.8, 4) is 0 Å². The second-order valence-electron chi connectivity index (χ2n) is 6.11. The molecule has 0 aliphatic carbocycles. The Kier molecular flexibility index (Phi) is 8.65. The SMILES string of the molecule is CSC(=NC(=O)OCc1ccc([N+](=O)[O-])cc1)N(C)C(=O)OCc1ccc([N+](=O)[O-])cc1. The zero-order chi connectivity index (χ0) is 23.7. The van der Waals surface area contributed by atoms with Gasteiger partial charge in [0.05, 0.1) is 9.85 Å². The van der Waals surface area contributed by atoms with Gasteiger partial charge in [0, 0.05) is 31.3 Å². The number of amides is 2. The minimum Gasteiger partial charge on any atom is -0.444 e. The van der Waals surface area contributed by atoms with Crippen molar-refractivity contribution in [2.75, 3.05) is 13.3 Å². The van der Waals surface area contributed by atoms with Gasteiger partial charge in [-0.15, -0.1) is 0 Å². The lowest BCUT2D eigenvalue weighted by Gasteiger charge is -2.17. The monoisotopic (exact) mass is 462 g/mol. The number of rotatable bonds is 6. The fraction of sp³-hybridized carbons (Fsp3) is 0.211. The number of hydrogen-bond acceptors (Lipinski definition) is 9. The third kappa shape index (κ3) is 7.05. The third-order valence-electron chi connectivity index (χ3n) is 3.95. The summed E-state index contributed by atoms with van der Waals surface area (Å²) < 4.78 is 10.1. The minimum absolute atomic E-state index is 0.0207. The van der Waals surface area contributed by atoms with E-state index < -0.39 is 22.0 Å². The zero-order valence-corrected chi connectivity index (χ0v) is 17.8. The molecule has 0 aliphatic rings. The highest BCUT2D eigenvalue weighted by molar-refractivity contribution is 8.13. The molecule has 0 saturated heterocycles. The zero-order valence-electron chi connectivity index (χ0n) is 17.0. The molecular formula is C19H18N4O8S. The van der Waals surface area contributed by atoms with Crippen LogP contribution in [0.4, 0.5) is 21.0 Å². The normalized spacial score (nSPS) is 10.9. The first-order valence-electron chi connectivity index (χ1n) is 8.88. The van der Waals surface area contributed by atoms with E-state index >= 15 is 0 Å². The summed E-state index contributed by atoms with van der Waals surface area (Å²) in [4.78, 5) is 49.2. The molecule has 0 saturated carbocycles. The van der Waals surface area contributed by atoms with E-state index in [0.29, 0.717) is 11.1 Å². The molecule has 12 nitrogen and oxygen atoms in total. The van der Waals surface area contributed by atoms with Gasteiger partial charge in [-0.25, -0.2) is 9.59 Å². The molecule has 2 rings (SSSR count). The fourth-order valence-electron chi connectivity index (χ4n) is 2.26. The number of nitro groups is 2. The van der Waals surface area contributed by atoms with E-state index in [0.717, 1.165) is 16.7 Å².